The monoisotopic (exact) mass is 416 g/mol. The third kappa shape index (κ3) is 3.85. The number of hydrogen-bond acceptors (Lipinski definition) is 7. The van der Waals surface area contributed by atoms with Crippen LogP contribution in [0.15, 0.2) is 52.7 Å². The van der Waals surface area contributed by atoms with Crippen molar-refractivity contribution in [2.24, 2.45) is 0 Å². The van der Waals surface area contributed by atoms with Crippen LogP contribution in [0, 0.1) is 6.92 Å². The SMILES string of the molecule is Cc1ccc(S(=O)(=O)CC(=O)Nc2nc(-c3ccc4c(c3)OCO4)cs2)cc1. The maximum absolute atomic E-state index is 12.4. The fraction of sp³-hybridized carbons (Fsp3) is 0.158. The molecule has 1 aliphatic heterocycles. The van der Waals surface area contributed by atoms with Gasteiger partial charge in [-0.25, -0.2) is 13.4 Å². The molecule has 0 fully saturated rings. The summed E-state index contributed by atoms with van der Waals surface area (Å²) in [5.41, 5.74) is 2.41. The Morgan fingerprint density at radius 1 is 1.14 bits per heavy atom. The van der Waals surface area contributed by atoms with Gasteiger partial charge in [-0.05, 0) is 37.3 Å². The smallest absolute Gasteiger partial charge is 0.241 e. The third-order valence-electron chi connectivity index (χ3n) is 4.12. The number of benzene rings is 2. The van der Waals surface area contributed by atoms with Crippen LogP contribution in [0.5, 0.6) is 11.5 Å². The second-order valence-corrected chi connectivity index (χ2v) is 9.07. The van der Waals surface area contributed by atoms with Crippen LogP contribution in [-0.4, -0.2) is 31.9 Å². The molecule has 0 aliphatic carbocycles. The number of amides is 1. The van der Waals surface area contributed by atoms with E-state index in [-0.39, 0.29) is 11.7 Å². The first-order valence-electron chi connectivity index (χ1n) is 8.35. The summed E-state index contributed by atoms with van der Waals surface area (Å²) in [5.74, 6) is 0.0379. The number of sulfone groups is 1. The Kier molecular flexibility index (Phi) is 4.78. The fourth-order valence-corrected chi connectivity index (χ4v) is 4.55. The van der Waals surface area contributed by atoms with E-state index in [2.05, 4.69) is 10.3 Å². The Bertz CT molecular complexity index is 1140. The molecule has 4 rings (SSSR count). The van der Waals surface area contributed by atoms with Crippen molar-refractivity contribution in [3.8, 4) is 22.8 Å². The van der Waals surface area contributed by atoms with Crippen LogP contribution in [0.4, 0.5) is 5.13 Å². The molecule has 144 valence electrons. The fourth-order valence-electron chi connectivity index (χ4n) is 2.68. The maximum atomic E-state index is 12.4. The van der Waals surface area contributed by atoms with Crippen molar-refractivity contribution in [1.29, 1.82) is 0 Å². The molecule has 2 heterocycles. The number of carbonyl (C=O) groups is 1. The molecule has 28 heavy (non-hydrogen) atoms. The van der Waals surface area contributed by atoms with Gasteiger partial charge in [0.2, 0.25) is 12.7 Å². The Morgan fingerprint density at radius 2 is 1.89 bits per heavy atom. The predicted molar refractivity (Wildman–Crippen MR) is 106 cm³/mol. The molecule has 0 atom stereocenters. The lowest BCUT2D eigenvalue weighted by atomic mass is 10.1. The van der Waals surface area contributed by atoms with Crippen molar-refractivity contribution in [3.63, 3.8) is 0 Å². The quantitative estimate of drug-likeness (QED) is 0.686. The number of aryl methyl sites for hydroxylation is 1. The molecule has 0 spiro atoms. The number of anilines is 1. The van der Waals surface area contributed by atoms with E-state index in [4.69, 9.17) is 9.47 Å². The molecule has 3 aromatic rings. The number of ether oxygens (including phenoxy) is 2. The zero-order chi connectivity index (χ0) is 19.7. The summed E-state index contributed by atoms with van der Waals surface area (Å²) in [4.78, 5) is 16.7. The molecule has 0 radical (unpaired) electrons. The Hall–Kier alpha value is -2.91. The van der Waals surface area contributed by atoms with Gasteiger partial charge in [0.25, 0.3) is 0 Å². The van der Waals surface area contributed by atoms with Gasteiger partial charge < -0.3 is 14.8 Å². The highest BCUT2D eigenvalue weighted by Gasteiger charge is 2.20. The van der Waals surface area contributed by atoms with E-state index in [1.165, 1.54) is 23.5 Å². The molecule has 7 nitrogen and oxygen atoms in total. The number of hydrogen-bond donors (Lipinski definition) is 1. The summed E-state index contributed by atoms with van der Waals surface area (Å²) < 4.78 is 35.4. The van der Waals surface area contributed by atoms with Gasteiger partial charge in [-0.15, -0.1) is 11.3 Å². The first kappa shape index (κ1) is 18.5. The van der Waals surface area contributed by atoms with E-state index in [1.54, 1.807) is 23.6 Å². The molecule has 2 aromatic carbocycles. The van der Waals surface area contributed by atoms with Crippen molar-refractivity contribution < 1.29 is 22.7 Å². The summed E-state index contributed by atoms with van der Waals surface area (Å²) >= 11 is 1.22. The zero-order valence-corrected chi connectivity index (χ0v) is 16.5. The lowest BCUT2D eigenvalue weighted by Crippen LogP contribution is -2.22. The van der Waals surface area contributed by atoms with Crippen LogP contribution in [0.25, 0.3) is 11.3 Å². The number of nitrogens with one attached hydrogen (secondary N) is 1. The van der Waals surface area contributed by atoms with Crippen molar-refractivity contribution in [3.05, 3.63) is 53.4 Å². The van der Waals surface area contributed by atoms with Gasteiger partial charge in [0.05, 0.1) is 10.6 Å². The lowest BCUT2D eigenvalue weighted by molar-refractivity contribution is -0.113. The molecule has 0 unspecified atom stereocenters. The van der Waals surface area contributed by atoms with Gasteiger partial charge in [-0.1, -0.05) is 17.7 Å². The number of fused-ring (bicyclic) bond motifs is 1. The van der Waals surface area contributed by atoms with Crippen LogP contribution < -0.4 is 14.8 Å². The van der Waals surface area contributed by atoms with Crippen LogP contribution >= 0.6 is 11.3 Å². The maximum Gasteiger partial charge on any atom is 0.241 e. The lowest BCUT2D eigenvalue weighted by Gasteiger charge is -2.05. The van der Waals surface area contributed by atoms with Crippen molar-refractivity contribution in [2.75, 3.05) is 17.9 Å². The van der Waals surface area contributed by atoms with Crippen LogP contribution in [0.3, 0.4) is 0 Å². The second-order valence-electron chi connectivity index (χ2n) is 6.23. The minimum Gasteiger partial charge on any atom is -0.454 e. The Balaban J connectivity index is 1.45. The number of rotatable bonds is 5. The van der Waals surface area contributed by atoms with E-state index in [9.17, 15) is 13.2 Å². The third-order valence-corrected chi connectivity index (χ3v) is 6.51. The minimum atomic E-state index is -3.71. The average Bonchev–Trinajstić information content (AvgIpc) is 3.30. The van der Waals surface area contributed by atoms with E-state index in [1.807, 2.05) is 19.1 Å². The van der Waals surface area contributed by atoms with E-state index in [0.717, 1.165) is 11.1 Å². The van der Waals surface area contributed by atoms with Gasteiger partial charge in [-0.2, -0.15) is 0 Å². The second kappa shape index (κ2) is 7.25. The number of nitrogens with zero attached hydrogens (tertiary/aromatic N) is 1. The molecule has 1 aliphatic rings. The zero-order valence-electron chi connectivity index (χ0n) is 14.8. The molecule has 1 amide bonds. The summed E-state index contributed by atoms with van der Waals surface area (Å²) in [6, 6.07) is 11.8. The topological polar surface area (TPSA) is 94.6 Å². The molecule has 0 bridgehead atoms. The van der Waals surface area contributed by atoms with Crippen LogP contribution in [0.2, 0.25) is 0 Å². The molecule has 0 saturated heterocycles. The summed E-state index contributed by atoms with van der Waals surface area (Å²) in [7, 11) is -3.71. The van der Waals surface area contributed by atoms with Crippen LogP contribution in [0.1, 0.15) is 5.56 Å². The standard InChI is InChI=1S/C19H16N2O5S2/c1-12-2-5-14(6-3-12)28(23,24)10-18(22)21-19-20-15(9-27-19)13-4-7-16-17(8-13)26-11-25-16/h2-9H,10-11H2,1H3,(H,20,21,22). The summed E-state index contributed by atoms with van der Waals surface area (Å²) in [6.07, 6.45) is 0. The molecule has 1 N–H and O–H groups in total. The normalized spacial score (nSPS) is 12.8. The minimum absolute atomic E-state index is 0.119. The molecule has 9 heteroatoms. The predicted octanol–water partition coefficient (Wildman–Crippen LogP) is 3.26. The van der Waals surface area contributed by atoms with Gasteiger partial charge in [0, 0.05) is 10.9 Å². The molecular formula is C19H16N2O5S2. The van der Waals surface area contributed by atoms with E-state index in [0.29, 0.717) is 22.3 Å². The number of carbonyl (C=O) groups excluding carboxylic acids is 1. The molecule has 1 aromatic heterocycles. The first-order valence-corrected chi connectivity index (χ1v) is 10.9. The Morgan fingerprint density at radius 3 is 2.68 bits per heavy atom. The largest absolute Gasteiger partial charge is 0.454 e. The van der Waals surface area contributed by atoms with Crippen LogP contribution in [-0.2, 0) is 14.6 Å². The highest BCUT2D eigenvalue weighted by atomic mass is 32.2. The summed E-state index contributed by atoms with van der Waals surface area (Å²) in [5, 5.41) is 4.66. The Labute approximate surface area is 165 Å². The first-order chi connectivity index (χ1) is 13.4. The van der Waals surface area contributed by atoms with Crippen molar-refractivity contribution >= 4 is 32.2 Å². The average molecular weight is 416 g/mol. The highest BCUT2D eigenvalue weighted by Crippen LogP contribution is 2.36. The van der Waals surface area contributed by atoms with E-state index >= 15 is 0 Å². The van der Waals surface area contributed by atoms with Crippen molar-refractivity contribution in [2.45, 2.75) is 11.8 Å². The molecule has 0 saturated carbocycles. The van der Waals surface area contributed by atoms with Gasteiger partial charge in [0.15, 0.2) is 26.5 Å². The van der Waals surface area contributed by atoms with Gasteiger partial charge >= 0.3 is 0 Å². The van der Waals surface area contributed by atoms with Gasteiger partial charge in [-0.3, -0.25) is 4.79 Å². The molecular weight excluding hydrogens is 400 g/mol. The van der Waals surface area contributed by atoms with E-state index < -0.39 is 21.5 Å². The highest BCUT2D eigenvalue weighted by molar-refractivity contribution is 7.92. The number of thiazole rings is 1. The van der Waals surface area contributed by atoms with Gasteiger partial charge in [0.1, 0.15) is 5.75 Å². The summed E-state index contributed by atoms with van der Waals surface area (Å²) in [6.45, 7) is 2.05. The van der Waals surface area contributed by atoms with Crippen molar-refractivity contribution in [1.82, 2.24) is 4.98 Å². The number of aromatic nitrogens is 1.